The molecule has 0 saturated carbocycles. The van der Waals surface area contributed by atoms with Crippen molar-refractivity contribution in [3.8, 4) is 22.4 Å². The van der Waals surface area contributed by atoms with Crippen LogP contribution in [0.25, 0.3) is 33.3 Å². The molecule has 1 aliphatic heterocycles. The van der Waals surface area contributed by atoms with Gasteiger partial charge in [0.1, 0.15) is 0 Å². The van der Waals surface area contributed by atoms with Gasteiger partial charge in [-0.05, 0) is 30.3 Å². The van der Waals surface area contributed by atoms with Gasteiger partial charge in [-0.3, -0.25) is 4.79 Å². The average molecular weight is 444 g/mol. The van der Waals surface area contributed by atoms with E-state index in [2.05, 4.69) is 48.3 Å². The molecule has 1 saturated heterocycles. The molecule has 4 aromatic rings. The van der Waals surface area contributed by atoms with Gasteiger partial charge in [-0.15, -0.1) is 12.4 Å². The van der Waals surface area contributed by atoms with Gasteiger partial charge in [0.25, 0.3) is 5.91 Å². The first kappa shape index (κ1) is 22.0. The van der Waals surface area contributed by atoms with Gasteiger partial charge < -0.3 is 9.80 Å². The maximum atomic E-state index is 13.4. The van der Waals surface area contributed by atoms with Crippen molar-refractivity contribution in [3.05, 3.63) is 90.5 Å². The van der Waals surface area contributed by atoms with Crippen molar-refractivity contribution in [3.63, 3.8) is 0 Å². The molecule has 162 valence electrons. The highest BCUT2D eigenvalue weighted by Crippen LogP contribution is 2.28. The third-order valence-electron chi connectivity index (χ3n) is 6.02. The third-order valence-corrected chi connectivity index (χ3v) is 6.02. The largest absolute Gasteiger partial charge is 0.336 e. The monoisotopic (exact) mass is 443 g/mol. The number of halogens is 1. The predicted molar refractivity (Wildman–Crippen MR) is 133 cm³/mol. The average Bonchev–Trinajstić information content (AvgIpc) is 2.84. The van der Waals surface area contributed by atoms with E-state index >= 15 is 0 Å². The molecular formula is C27H26ClN3O. The normalized spacial score (nSPS) is 14.2. The number of fused-ring (bicyclic) bond motifs is 1. The van der Waals surface area contributed by atoms with Crippen LogP contribution in [0.4, 0.5) is 0 Å². The van der Waals surface area contributed by atoms with Crippen LogP contribution in [0.5, 0.6) is 0 Å². The van der Waals surface area contributed by atoms with E-state index in [-0.39, 0.29) is 18.3 Å². The highest BCUT2D eigenvalue weighted by Gasteiger charge is 2.23. The maximum Gasteiger partial charge on any atom is 0.254 e. The van der Waals surface area contributed by atoms with E-state index in [0.717, 1.165) is 53.9 Å². The summed E-state index contributed by atoms with van der Waals surface area (Å²) >= 11 is 0. The standard InChI is InChI=1S/C27H25N3O.ClH/c1-29-15-17-30(18-16-29)27(31)24-19-26(28-25-10-6-5-9-23(24)25)22-13-11-21(12-14-22)20-7-3-2-4-8-20;/h2-14,19H,15-18H2,1H3;1H. The first-order chi connectivity index (χ1) is 15.2. The quantitative estimate of drug-likeness (QED) is 0.426. The van der Waals surface area contributed by atoms with Crippen LogP contribution in [0.2, 0.25) is 0 Å². The molecule has 0 bridgehead atoms. The number of carbonyl (C=O) groups is 1. The van der Waals surface area contributed by atoms with Crippen LogP contribution in [-0.2, 0) is 0 Å². The number of nitrogens with zero attached hydrogens (tertiary/aromatic N) is 3. The molecule has 0 unspecified atom stereocenters. The second kappa shape index (κ2) is 9.51. The summed E-state index contributed by atoms with van der Waals surface area (Å²) in [7, 11) is 2.10. The van der Waals surface area contributed by atoms with Crippen molar-refractivity contribution in [2.75, 3.05) is 33.2 Å². The molecule has 0 spiro atoms. The van der Waals surface area contributed by atoms with Crippen molar-refractivity contribution in [1.29, 1.82) is 0 Å². The Morgan fingerprint density at radius 2 is 1.34 bits per heavy atom. The molecule has 0 atom stereocenters. The molecule has 0 aliphatic carbocycles. The minimum absolute atomic E-state index is 0. The number of likely N-dealkylation sites (N-methyl/N-ethyl adjacent to an activating group) is 1. The number of benzene rings is 3. The van der Waals surface area contributed by atoms with Gasteiger partial charge in [0.2, 0.25) is 0 Å². The van der Waals surface area contributed by atoms with E-state index < -0.39 is 0 Å². The van der Waals surface area contributed by atoms with E-state index in [1.807, 2.05) is 53.4 Å². The predicted octanol–water partition coefficient (Wildman–Crippen LogP) is 5.38. The molecule has 1 aromatic heterocycles. The lowest BCUT2D eigenvalue weighted by Gasteiger charge is -2.32. The van der Waals surface area contributed by atoms with Crippen LogP contribution >= 0.6 is 12.4 Å². The lowest BCUT2D eigenvalue weighted by Crippen LogP contribution is -2.47. The van der Waals surface area contributed by atoms with Crippen molar-refractivity contribution >= 4 is 29.2 Å². The third kappa shape index (κ3) is 4.38. The summed E-state index contributed by atoms with van der Waals surface area (Å²) in [5.41, 5.74) is 5.78. The first-order valence-electron chi connectivity index (χ1n) is 10.7. The first-order valence-corrected chi connectivity index (χ1v) is 10.7. The summed E-state index contributed by atoms with van der Waals surface area (Å²) in [4.78, 5) is 22.5. The minimum atomic E-state index is 0. The summed E-state index contributed by atoms with van der Waals surface area (Å²) in [6.45, 7) is 3.32. The summed E-state index contributed by atoms with van der Waals surface area (Å²) in [5.74, 6) is 0.0915. The Labute approximate surface area is 194 Å². The maximum absolute atomic E-state index is 13.4. The van der Waals surface area contributed by atoms with Crippen LogP contribution in [0, 0.1) is 0 Å². The number of hydrogen-bond donors (Lipinski definition) is 0. The fourth-order valence-corrected chi connectivity index (χ4v) is 4.14. The number of amides is 1. The van der Waals surface area contributed by atoms with E-state index in [0.29, 0.717) is 0 Å². The Bertz CT molecular complexity index is 1220. The molecule has 5 rings (SSSR count). The number of carbonyl (C=O) groups excluding carboxylic acids is 1. The molecule has 2 heterocycles. The van der Waals surface area contributed by atoms with Gasteiger partial charge in [-0.2, -0.15) is 0 Å². The number of aromatic nitrogens is 1. The molecule has 0 radical (unpaired) electrons. The zero-order valence-electron chi connectivity index (χ0n) is 18.1. The number of hydrogen-bond acceptors (Lipinski definition) is 3. The van der Waals surface area contributed by atoms with Gasteiger partial charge in [-0.25, -0.2) is 4.98 Å². The molecule has 1 aliphatic rings. The molecule has 32 heavy (non-hydrogen) atoms. The molecule has 0 N–H and O–H groups in total. The Morgan fingerprint density at radius 3 is 2.06 bits per heavy atom. The van der Waals surface area contributed by atoms with Gasteiger partial charge in [-0.1, -0.05) is 72.8 Å². The molecular weight excluding hydrogens is 418 g/mol. The van der Waals surface area contributed by atoms with Crippen molar-refractivity contribution in [1.82, 2.24) is 14.8 Å². The molecule has 3 aromatic carbocycles. The van der Waals surface area contributed by atoms with Crippen LogP contribution in [0.1, 0.15) is 10.4 Å². The smallest absolute Gasteiger partial charge is 0.254 e. The Morgan fingerprint density at radius 1 is 0.750 bits per heavy atom. The van der Waals surface area contributed by atoms with Gasteiger partial charge in [0, 0.05) is 37.1 Å². The lowest BCUT2D eigenvalue weighted by atomic mass is 10.00. The van der Waals surface area contributed by atoms with Gasteiger partial charge >= 0.3 is 0 Å². The lowest BCUT2D eigenvalue weighted by molar-refractivity contribution is 0.0666. The van der Waals surface area contributed by atoms with Gasteiger partial charge in [0.05, 0.1) is 16.8 Å². The fourth-order valence-electron chi connectivity index (χ4n) is 4.14. The highest BCUT2D eigenvalue weighted by atomic mass is 35.5. The molecule has 1 fully saturated rings. The number of para-hydroxylation sites is 1. The second-order valence-electron chi connectivity index (χ2n) is 8.11. The number of pyridine rings is 1. The summed E-state index contributed by atoms with van der Waals surface area (Å²) in [5, 5.41) is 0.913. The van der Waals surface area contributed by atoms with Crippen LogP contribution in [0.15, 0.2) is 84.9 Å². The second-order valence-corrected chi connectivity index (χ2v) is 8.11. The van der Waals surface area contributed by atoms with E-state index in [4.69, 9.17) is 4.98 Å². The van der Waals surface area contributed by atoms with E-state index in [1.54, 1.807) is 0 Å². The Hall–Kier alpha value is -3.21. The SMILES string of the molecule is CN1CCN(C(=O)c2cc(-c3ccc(-c4ccccc4)cc3)nc3ccccc23)CC1.Cl. The Kier molecular flexibility index (Phi) is 6.54. The highest BCUT2D eigenvalue weighted by molar-refractivity contribution is 6.07. The summed E-state index contributed by atoms with van der Waals surface area (Å²) in [6.07, 6.45) is 0. The Balaban J connectivity index is 0.00000245. The van der Waals surface area contributed by atoms with Crippen LogP contribution < -0.4 is 0 Å². The molecule has 1 amide bonds. The zero-order valence-corrected chi connectivity index (χ0v) is 18.9. The molecule has 5 heteroatoms. The topological polar surface area (TPSA) is 36.4 Å². The molecule has 4 nitrogen and oxygen atoms in total. The zero-order chi connectivity index (χ0) is 21.2. The van der Waals surface area contributed by atoms with Crippen LogP contribution in [0.3, 0.4) is 0 Å². The van der Waals surface area contributed by atoms with Crippen molar-refractivity contribution < 1.29 is 4.79 Å². The van der Waals surface area contributed by atoms with E-state index in [9.17, 15) is 4.79 Å². The van der Waals surface area contributed by atoms with E-state index in [1.165, 1.54) is 11.1 Å². The summed E-state index contributed by atoms with van der Waals surface area (Å²) < 4.78 is 0. The summed E-state index contributed by atoms with van der Waals surface area (Å²) in [6, 6.07) is 28.6. The van der Waals surface area contributed by atoms with Gasteiger partial charge in [0.15, 0.2) is 0 Å². The van der Waals surface area contributed by atoms with Crippen molar-refractivity contribution in [2.45, 2.75) is 0 Å². The van der Waals surface area contributed by atoms with Crippen molar-refractivity contribution in [2.24, 2.45) is 0 Å². The van der Waals surface area contributed by atoms with Crippen LogP contribution in [-0.4, -0.2) is 53.9 Å². The number of rotatable bonds is 3. The minimum Gasteiger partial charge on any atom is -0.336 e. The number of piperazine rings is 1. The fraction of sp³-hybridized carbons (Fsp3) is 0.185.